The first-order valence-corrected chi connectivity index (χ1v) is 9.74. The summed E-state index contributed by atoms with van der Waals surface area (Å²) >= 11 is 7.67. The quantitative estimate of drug-likeness (QED) is 0.587. The molecule has 0 amide bonds. The Labute approximate surface area is 166 Å². The molecule has 0 saturated heterocycles. The van der Waals surface area contributed by atoms with E-state index in [1.54, 1.807) is 24.3 Å². The molecule has 7 heteroatoms. The van der Waals surface area contributed by atoms with Crippen LogP contribution in [0.5, 0.6) is 5.06 Å². The van der Waals surface area contributed by atoms with Crippen LogP contribution in [-0.4, -0.2) is 28.5 Å². The first kappa shape index (κ1) is 19.6. The molecular weight excluding hydrogens is 386 g/mol. The van der Waals surface area contributed by atoms with E-state index in [2.05, 4.69) is 0 Å². The van der Waals surface area contributed by atoms with Crippen molar-refractivity contribution in [2.24, 2.45) is 0 Å². The number of thiophene rings is 1. The Balaban J connectivity index is 1.81. The lowest BCUT2D eigenvalue weighted by molar-refractivity contribution is -0.144. The van der Waals surface area contributed by atoms with Gasteiger partial charge >= 0.3 is 11.9 Å². The Morgan fingerprint density at radius 3 is 2.74 bits per heavy atom. The van der Waals surface area contributed by atoms with Crippen molar-refractivity contribution in [1.29, 1.82) is 0 Å². The van der Waals surface area contributed by atoms with Crippen molar-refractivity contribution < 1.29 is 19.4 Å². The van der Waals surface area contributed by atoms with Gasteiger partial charge in [-0.15, -0.1) is 11.3 Å². The number of hydrogen-bond acceptors (Lipinski definition) is 5. The summed E-state index contributed by atoms with van der Waals surface area (Å²) in [5.74, 6) is -1.33. The minimum atomic E-state index is -0.933. The van der Waals surface area contributed by atoms with Gasteiger partial charge in [-0.2, -0.15) is 0 Å². The summed E-state index contributed by atoms with van der Waals surface area (Å²) in [5, 5.41) is 10.8. The fourth-order valence-electron chi connectivity index (χ4n) is 3.15. The summed E-state index contributed by atoms with van der Waals surface area (Å²) in [7, 11) is 0. The van der Waals surface area contributed by atoms with Gasteiger partial charge in [0, 0.05) is 29.1 Å². The van der Waals surface area contributed by atoms with E-state index in [0.717, 1.165) is 16.0 Å². The summed E-state index contributed by atoms with van der Waals surface area (Å²) < 4.78 is 5.37. The SMILES string of the molecule is CC(C)=CC(=O)Oc1cc2c(s1)CCN(C(C(=O)O)c1ccccc1Cl)C2. The predicted octanol–water partition coefficient (Wildman–Crippen LogP) is 4.46. The molecule has 0 radical (unpaired) electrons. The number of benzene rings is 1. The van der Waals surface area contributed by atoms with Crippen LogP contribution in [0.3, 0.4) is 0 Å². The van der Waals surface area contributed by atoms with Gasteiger partial charge in [-0.05, 0) is 43.5 Å². The lowest BCUT2D eigenvalue weighted by atomic mass is 10.0. The Morgan fingerprint density at radius 1 is 1.33 bits per heavy atom. The van der Waals surface area contributed by atoms with Crippen LogP contribution >= 0.6 is 22.9 Å². The van der Waals surface area contributed by atoms with E-state index < -0.39 is 18.0 Å². The molecule has 1 atom stereocenters. The van der Waals surface area contributed by atoms with Crippen LogP contribution in [0.4, 0.5) is 0 Å². The number of fused-ring (bicyclic) bond motifs is 1. The first-order chi connectivity index (χ1) is 12.8. The zero-order chi connectivity index (χ0) is 19.6. The van der Waals surface area contributed by atoms with Crippen molar-refractivity contribution in [2.45, 2.75) is 32.9 Å². The van der Waals surface area contributed by atoms with Gasteiger partial charge in [0.15, 0.2) is 5.06 Å². The summed E-state index contributed by atoms with van der Waals surface area (Å²) in [5.41, 5.74) is 2.45. The van der Waals surface area contributed by atoms with Gasteiger partial charge in [-0.3, -0.25) is 9.69 Å². The van der Waals surface area contributed by atoms with E-state index in [9.17, 15) is 14.7 Å². The van der Waals surface area contributed by atoms with Crippen molar-refractivity contribution in [3.05, 3.63) is 63.0 Å². The zero-order valence-corrected chi connectivity index (χ0v) is 16.6. The third-order valence-corrected chi connectivity index (χ3v) is 5.74. The second-order valence-corrected chi connectivity index (χ2v) is 8.15. The smallest absolute Gasteiger partial charge is 0.336 e. The van der Waals surface area contributed by atoms with E-state index in [-0.39, 0.29) is 0 Å². The predicted molar refractivity (Wildman–Crippen MR) is 105 cm³/mol. The largest absolute Gasteiger partial charge is 0.480 e. The maximum Gasteiger partial charge on any atom is 0.336 e. The molecule has 0 saturated carbocycles. The summed E-state index contributed by atoms with van der Waals surface area (Å²) in [6, 6.07) is 8.03. The van der Waals surface area contributed by atoms with Gasteiger partial charge in [-0.25, -0.2) is 4.79 Å². The molecule has 2 aromatic rings. The molecule has 0 fully saturated rings. The summed E-state index contributed by atoms with van der Waals surface area (Å²) in [6.07, 6.45) is 2.15. The average Bonchev–Trinajstić information content (AvgIpc) is 2.97. The van der Waals surface area contributed by atoms with Crippen LogP contribution in [0.25, 0.3) is 0 Å². The number of hydrogen-bond donors (Lipinski definition) is 1. The van der Waals surface area contributed by atoms with Crippen LogP contribution in [0, 0.1) is 0 Å². The average molecular weight is 406 g/mol. The van der Waals surface area contributed by atoms with Crippen molar-refractivity contribution in [2.75, 3.05) is 6.54 Å². The highest BCUT2D eigenvalue weighted by Crippen LogP contribution is 2.37. The fraction of sp³-hybridized carbons (Fsp3) is 0.300. The van der Waals surface area contributed by atoms with E-state index in [1.165, 1.54) is 17.4 Å². The molecule has 1 aromatic carbocycles. The number of nitrogens with zero attached hydrogens (tertiary/aromatic N) is 1. The number of esters is 1. The van der Waals surface area contributed by atoms with Crippen molar-refractivity contribution >= 4 is 34.9 Å². The molecule has 0 spiro atoms. The molecule has 5 nitrogen and oxygen atoms in total. The third kappa shape index (κ3) is 4.58. The van der Waals surface area contributed by atoms with Crippen LogP contribution in [0.1, 0.15) is 35.9 Å². The van der Waals surface area contributed by atoms with Crippen LogP contribution in [-0.2, 0) is 22.6 Å². The molecule has 0 aliphatic carbocycles. The van der Waals surface area contributed by atoms with Gasteiger partial charge in [0.05, 0.1) is 0 Å². The first-order valence-electron chi connectivity index (χ1n) is 8.54. The van der Waals surface area contributed by atoms with Crippen molar-refractivity contribution in [3.8, 4) is 5.06 Å². The fourth-order valence-corrected chi connectivity index (χ4v) is 4.40. The number of halogens is 1. The molecule has 1 aromatic heterocycles. The maximum atomic E-state index is 11.9. The van der Waals surface area contributed by atoms with Crippen molar-refractivity contribution in [3.63, 3.8) is 0 Å². The number of carbonyl (C=O) groups is 2. The van der Waals surface area contributed by atoms with Gasteiger partial charge in [0.1, 0.15) is 6.04 Å². The molecule has 142 valence electrons. The van der Waals surface area contributed by atoms with E-state index in [1.807, 2.05) is 24.8 Å². The summed E-state index contributed by atoms with van der Waals surface area (Å²) in [4.78, 5) is 26.8. The highest BCUT2D eigenvalue weighted by atomic mass is 35.5. The molecule has 1 aliphatic heterocycles. The highest BCUT2D eigenvalue weighted by Gasteiger charge is 2.32. The summed E-state index contributed by atoms with van der Waals surface area (Å²) in [6.45, 7) is 4.73. The standard InChI is InChI=1S/C20H20ClNO4S/c1-12(2)9-17(23)26-18-10-13-11-22(8-7-16(13)27-18)19(20(24)25)14-5-3-4-6-15(14)21/h3-6,9-10,19H,7-8,11H2,1-2H3,(H,24,25). The molecule has 1 unspecified atom stereocenters. The van der Waals surface area contributed by atoms with Crippen LogP contribution in [0.2, 0.25) is 5.02 Å². The minimum absolute atomic E-state index is 0.398. The lowest BCUT2D eigenvalue weighted by Gasteiger charge is -2.32. The normalized spacial score (nSPS) is 14.9. The molecule has 0 bridgehead atoms. The number of rotatable bonds is 5. The number of carboxylic acids is 1. The van der Waals surface area contributed by atoms with Crippen LogP contribution in [0.15, 0.2) is 42.0 Å². The molecule has 3 rings (SSSR count). The molecular formula is C20H20ClNO4S. The third-order valence-electron chi connectivity index (χ3n) is 4.28. The highest BCUT2D eigenvalue weighted by molar-refractivity contribution is 7.14. The lowest BCUT2D eigenvalue weighted by Crippen LogP contribution is -2.37. The maximum absolute atomic E-state index is 11.9. The van der Waals surface area contributed by atoms with Crippen molar-refractivity contribution in [1.82, 2.24) is 4.90 Å². The Hall–Kier alpha value is -2.15. The number of aliphatic carboxylic acids is 1. The van der Waals surface area contributed by atoms with E-state index in [4.69, 9.17) is 16.3 Å². The number of ether oxygens (including phenoxy) is 1. The minimum Gasteiger partial charge on any atom is -0.480 e. The molecule has 27 heavy (non-hydrogen) atoms. The Morgan fingerprint density at radius 2 is 2.07 bits per heavy atom. The second kappa shape index (κ2) is 8.25. The monoisotopic (exact) mass is 405 g/mol. The van der Waals surface area contributed by atoms with Crippen LogP contribution < -0.4 is 4.74 Å². The molecule has 1 N–H and O–H groups in total. The number of carbonyl (C=O) groups excluding carboxylic acids is 1. The van der Waals surface area contributed by atoms with Gasteiger partial charge in [0.25, 0.3) is 0 Å². The van der Waals surface area contributed by atoms with Gasteiger partial charge < -0.3 is 9.84 Å². The Kier molecular flexibility index (Phi) is 5.99. The van der Waals surface area contributed by atoms with E-state index >= 15 is 0 Å². The molecule has 2 heterocycles. The second-order valence-electron chi connectivity index (χ2n) is 6.64. The molecule has 1 aliphatic rings. The van der Waals surface area contributed by atoms with Gasteiger partial charge in [0.2, 0.25) is 0 Å². The number of allylic oxidation sites excluding steroid dienone is 1. The van der Waals surface area contributed by atoms with Gasteiger partial charge in [-0.1, -0.05) is 35.4 Å². The van der Waals surface area contributed by atoms with E-state index in [0.29, 0.717) is 35.2 Å². The number of carboxylic acid groups (broad SMARTS) is 1. The Bertz CT molecular complexity index is 901. The topological polar surface area (TPSA) is 66.8 Å². The zero-order valence-electron chi connectivity index (χ0n) is 15.1.